The molecule has 1 heterocycles. The van der Waals surface area contributed by atoms with Crippen molar-refractivity contribution in [3.05, 3.63) is 29.8 Å². The second-order valence-electron chi connectivity index (χ2n) is 7.07. The van der Waals surface area contributed by atoms with E-state index in [0.29, 0.717) is 31.5 Å². The van der Waals surface area contributed by atoms with Crippen LogP contribution in [0, 0.1) is 5.92 Å². The van der Waals surface area contributed by atoms with E-state index in [1.807, 2.05) is 0 Å². The SMILES string of the molecule is CCOC(=O)C1CCCN(C(=O)CN(C)C(=O)c2ccc(S(=O)(=O)C(F)(F)F)cc2)C1. The summed E-state index contributed by atoms with van der Waals surface area (Å²) in [5.41, 5.74) is -5.52. The zero-order valence-electron chi connectivity index (χ0n) is 17.0. The molecular weight excluding hydrogens is 441 g/mol. The first kappa shape index (κ1) is 24.6. The number of likely N-dealkylation sites (N-methyl/N-ethyl adjacent to an activating group) is 1. The molecule has 0 N–H and O–H groups in total. The molecule has 1 unspecified atom stereocenters. The van der Waals surface area contributed by atoms with Crippen LogP contribution < -0.4 is 0 Å². The molecule has 0 aromatic heterocycles. The number of benzene rings is 1. The summed E-state index contributed by atoms with van der Waals surface area (Å²) in [5, 5.41) is 0. The number of nitrogens with zero attached hydrogens (tertiary/aromatic N) is 2. The first-order valence-electron chi connectivity index (χ1n) is 9.49. The fourth-order valence-electron chi connectivity index (χ4n) is 3.16. The Morgan fingerprint density at radius 1 is 1.19 bits per heavy atom. The van der Waals surface area contributed by atoms with Gasteiger partial charge < -0.3 is 14.5 Å². The summed E-state index contributed by atoms with van der Waals surface area (Å²) in [5.74, 6) is -1.86. The fraction of sp³-hybridized carbons (Fsp3) is 0.526. The van der Waals surface area contributed by atoms with Crippen molar-refractivity contribution in [1.82, 2.24) is 9.80 Å². The minimum absolute atomic E-state index is 0.0699. The van der Waals surface area contributed by atoms with Crippen molar-refractivity contribution in [1.29, 1.82) is 0 Å². The van der Waals surface area contributed by atoms with Gasteiger partial charge in [-0.1, -0.05) is 0 Å². The molecule has 2 amide bonds. The Morgan fingerprint density at radius 3 is 2.35 bits per heavy atom. The summed E-state index contributed by atoms with van der Waals surface area (Å²) in [4.78, 5) is 38.5. The molecule has 1 aromatic rings. The third kappa shape index (κ3) is 5.75. The van der Waals surface area contributed by atoms with Gasteiger partial charge in [-0.25, -0.2) is 8.42 Å². The van der Waals surface area contributed by atoms with E-state index in [1.165, 1.54) is 11.9 Å². The van der Waals surface area contributed by atoms with E-state index in [9.17, 15) is 36.0 Å². The number of ether oxygens (including phenoxy) is 1. The summed E-state index contributed by atoms with van der Waals surface area (Å²) < 4.78 is 65.6. The molecule has 172 valence electrons. The Balaban J connectivity index is 2.02. The van der Waals surface area contributed by atoms with E-state index in [2.05, 4.69) is 0 Å². The smallest absolute Gasteiger partial charge is 0.466 e. The zero-order valence-corrected chi connectivity index (χ0v) is 17.8. The Morgan fingerprint density at radius 2 is 1.81 bits per heavy atom. The number of rotatable bonds is 6. The first-order valence-corrected chi connectivity index (χ1v) is 11.0. The van der Waals surface area contributed by atoms with E-state index in [4.69, 9.17) is 4.74 Å². The van der Waals surface area contributed by atoms with Crippen molar-refractivity contribution >= 4 is 27.6 Å². The Bertz CT molecular complexity index is 931. The van der Waals surface area contributed by atoms with Crippen LogP contribution in [0.5, 0.6) is 0 Å². The highest BCUT2D eigenvalue weighted by molar-refractivity contribution is 7.92. The van der Waals surface area contributed by atoms with Crippen molar-refractivity contribution in [2.45, 2.75) is 30.2 Å². The lowest BCUT2D eigenvalue weighted by molar-refractivity contribution is -0.151. The molecule has 0 radical (unpaired) electrons. The number of hydrogen-bond donors (Lipinski definition) is 0. The predicted octanol–water partition coefficient (Wildman–Crippen LogP) is 1.85. The third-order valence-electron chi connectivity index (χ3n) is 4.83. The third-order valence-corrected chi connectivity index (χ3v) is 6.33. The molecule has 0 saturated carbocycles. The second-order valence-corrected chi connectivity index (χ2v) is 9.01. The van der Waals surface area contributed by atoms with Crippen LogP contribution in [0.3, 0.4) is 0 Å². The Labute approximate surface area is 177 Å². The van der Waals surface area contributed by atoms with Crippen molar-refractivity contribution in [2.24, 2.45) is 5.92 Å². The minimum Gasteiger partial charge on any atom is -0.466 e. The lowest BCUT2D eigenvalue weighted by Crippen LogP contribution is -2.47. The summed E-state index contributed by atoms with van der Waals surface area (Å²) in [6.45, 7) is 2.24. The van der Waals surface area contributed by atoms with Crippen molar-refractivity contribution in [3.63, 3.8) is 0 Å². The molecule has 0 bridgehead atoms. The van der Waals surface area contributed by atoms with Gasteiger partial charge in [-0.05, 0) is 44.0 Å². The Hall–Kier alpha value is -2.63. The first-order chi connectivity index (χ1) is 14.4. The van der Waals surface area contributed by atoms with Gasteiger partial charge in [0.25, 0.3) is 15.7 Å². The number of hydrogen-bond acceptors (Lipinski definition) is 6. The number of amides is 2. The molecule has 8 nitrogen and oxygen atoms in total. The maximum absolute atomic E-state index is 12.6. The topological polar surface area (TPSA) is 101 Å². The number of alkyl halides is 3. The number of carbonyl (C=O) groups is 3. The molecule has 1 saturated heterocycles. The van der Waals surface area contributed by atoms with E-state index in [1.54, 1.807) is 6.92 Å². The molecule has 1 aliphatic heterocycles. The van der Waals surface area contributed by atoms with Gasteiger partial charge >= 0.3 is 11.5 Å². The lowest BCUT2D eigenvalue weighted by atomic mass is 9.98. The number of likely N-dealkylation sites (tertiary alicyclic amines) is 1. The van der Waals surface area contributed by atoms with Crippen LogP contribution in [0.4, 0.5) is 13.2 Å². The van der Waals surface area contributed by atoms with Gasteiger partial charge in [-0.2, -0.15) is 13.2 Å². The van der Waals surface area contributed by atoms with Crippen LogP contribution >= 0.6 is 0 Å². The number of esters is 1. The van der Waals surface area contributed by atoms with Crippen LogP contribution in [0.2, 0.25) is 0 Å². The van der Waals surface area contributed by atoms with E-state index in [-0.39, 0.29) is 37.1 Å². The van der Waals surface area contributed by atoms with E-state index < -0.39 is 32.1 Å². The summed E-state index contributed by atoms with van der Waals surface area (Å²) >= 11 is 0. The standard InChI is InChI=1S/C19H23F3N2O6S/c1-3-30-18(27)14-5-4-10-24(11-14)16(25)12-23(2)17(26)13-6-8-15(9-7-13)31(28,29)19(20,21)22/h6-9,14H,3-5,10-12H2,1-2H3. The molecule has 1 aliphatic rings. The lowest BCUT2D eigenvalue weighted by Gasteiger charge is -2.32. The molecule has 2 rings (SSSR count). The highest BCUT2D eigenvalue weighted by Crippen LogP contribution is 2.30. The summed E-state index contributed by atoms with van der Waals surface area (Å²) in [6, 6.07) is 3.31. The van der Waals surface area contributed by atoms with Gasteiger partial charge in [-0.15, -0.1) is 0 Å². The molecule has 1 atom stereocenters. The highest BCUT2D eigenvalue weighted by atomic mass is 32.2. The summed E-state index contributed by atoms with van der Waals surface area (Å²) in [6.07, 6.45) is 1.21. The van der Waals surface area contributed by atoms with E-state index in [0.717, 1.165) is 17.0 Å². The zero-order chi connectivity index (χ0) is 23.4. The van der Waals surface area contributed by atoms with Crippen LogP contribution in [-0.4, -0.2) is 74.8 Å². The number of piperidine rings is 1. The minimum atomic E-state index is -5.51. The number of halogens is 3. The average molecular weight is 464 g/mol. The molecule has 0 spiro atoms. The second kappa shape index (κ2) is 9.67. The summed E-state index contributed by atoms with van der Waals surface area (Å²) in [7, 11) is -4.17. The molecule has 1 aromatic carbocycles. The average Bonchev–Trinajstić information content (AvgIpc) is 2.72. The van der Waals surface area contributed by atoms with Gasteiger partial charge in [0.2, 0.25) is 5.91 Å². The monoisotopic (exact) mass is 464 g/mol. The molecule has 12 heteroatoms. The van der Waals surface area contributed by atoms with Gasteiger partial charge in [0.15, 0.2) is 0 Å². The Kier molecular flexibility index (Phi) is 7.68. The van der Waals surface area contributed by atoms with Crippen molar-refractivity contribution in [2.75, 3.05) is 33.3 Å². The number of sulfone groups is 1. The van der Waals surface area contributed by atoms with Gasteiger partial charge in [0.1, 0.15) is 0 Å². The van der Waals surface area contributed by atoms with Crippen molar-refractivity contribution in [3.8, 4) is 0 Å². The van der Waals surface area contributed by atoms with Crippen LogP contribution in [-0.2, 0) is 24.2 Å². The van der Waals surface area contributed by atoms with Crippen LogP contribution in [0.25, 0.3) is 0 Å². The maximum atomic E-state index is 12.6. The largest absolute Gasteiger partial charge is 0.501 e. The van der Waals surface area contributed by atoms with Gasteiger partial charge in [0.05, 0.1) is 24.0 Å². The van der Waals surface area contributed by atoms with Crippen LogP contribution in [0.15, 0.2) is 29.2 Å². The van der Waals surface area contributed by atoms with Gasteiger partial charge in [0, 0.05) is 25.7 Å². The van der Waals surface area contributed by atoms with Gasteiger partial charge in [-0.3, -0.25) is 14.4 Å². The number of carbonyl (C=O) groups excluding carboxylic acids is 3. The normalized spacial score (nSPS) is 17.2. The molecule has 1 fully saturated rings. The van der Waals surface area contributed by atoms with Crippen LogP contribution in [0.1, 0.15) is 30.1 Å². The van der Waals surface area contributed by atoms with E-state index >= 15 is 0 Å². The van der Waals surface area contributed by atoms with Crippen molar-refractivity contribution < 1.29 is 40.7 Å². The molecule has 0 aliphatic carbocycles. The quantitative estimate of drug-likeness (QED) is 0.596. The maximum Gasteiger partial charge on any atom is 0.501 e. The highest BCUT2D eigenvalue weighted by Gasteiger charge is 2.46. The molecule has 31 heavy (non-hydrogen) atoms. The predicted molar refractivity (Wildman–Crippen MR) is 103 cm³/mol. The molecular formula is C19H23F3N2O6S. The fourth-order valence-corrected chi connectivity index (χ4v) is 3.92.